The topological polar surface area (TPSA) is 50.9 Å². The molecular weight excluding hydrogens is 266 g/mol. The van der Waals surface area contributed by atoms with Crippen molar-refractivity contribution < 1.29 is 0 Å². The van der Waals surface area contributed by atoms with Crippen molar-refractivity contribution in [2.75, 3.05) is 5.32 Å². The van der Waals surface area contributed by atoms with Crippen molar-refractivity contribution in [3.05, 3.63) is 35.9 Å². The highest BCUT2D eigenvalue weighted by Crippen LogP contribution is 2.24. The van der Waals surface area contributed by atoms with Gasteiger partial charge in [0.15, 0.2) is 0 Å². The van der Waals surface area contributed by atoms with E-state index in [9.17, 15) is 0 Å². The van der Waals surface area contributed by atoms with Crippen LogP contribution in [0.2, 0.25) is 0 Å². The molecule has 0 aliphatic rings. The number of fused-ring (bicyclic) bond motifs is 1. The van der Waals surface area contributed by atoms with Gasteiger partial charge in [-0.3, -0.25) is 0 Å². The van der Waals surface area contributed by atoms with E-state index in [1.165, 1.54) is 0 Å². The third-order valence-corrected chi connectivity index (χ3v) is 3.54. The first-order chi connectivity index (χ1) is 9.43. The molecule has 2 aromatic rings. The molecule has 1 aromatic heterocycles. The summed E-state index contributed by atoms with van der Waals surface area (Å²) in [7, 11) is 0. The number of rotatable bonds is 5. The summed E-state index contributed by atoms with van der Waals surface area (Å²) in [6.45, 7) is 6.53. The Labute approximate surface area is 125 Å². The molecule has 0 aliphatic heterocycles. The largest absolute Gasteiger partial charge is 0.389 e. The molecule has 3 nitrogen and oxygen atoms in total. The van der Waals surface area contributed by atoms with Crippen molar-refractivity contribution in [2.45, 2.75) is 39.2 Å². The van der Waals surface area contributed by atoms with Gasteiger partial charge in [-0.2, -0.15) is 0 Å². The van der Waals surface area contributed by atoms with Crippen LogP contribution in [0.3, 0.4) is 0 Å². The molecule has 0 saturated carbocycles. The van der Waals surface area contributed by atoms with Gasteiger partial charge in [0.25, 0.3) is 0 Å². The molecule has 4 heteroatoms. The first-order valence-electron chi connectivity index (χ1n) is 6.91. The molecule has 0 atom stereocenters. The van der Waals surface area contributed by atoms with Gasteiger partial charge in [-0.25, -0.2) is 4.98 Å². The second-order valence-electron chi connectivity index (χ2n) is 5.70. The summed E-state index contributed by atoms with van der Waals surface area (Å²) in [5, 5.41) is 4.48. The molecule has 0 radical (unpaired) electrons. The molecule has 106 valence electrons. The van der Waals surface area contributed by atoms with Gasteiger partial charge in [0, 0.05) is 16.5 Å². The zero-order valence-corrected chi connectivity index (χ0v) is 13.1. The van der Waals surface area contributed by atoms with Crippen LogP contribution in [0.15, 0.2) is 30.3 Å². The summed E-state index contributed by atoms with van der Waals surface area (Å²) in [5.74, 6) is 0.824. The average molecular weight is 287 g/mol. The summed E-state index contributed by atoms with van der Waals surface area (Å²) >= 11 is 5.16. The standard InChI is InChI=1S/C16H21N3S/c1-4-9-16(2,3)19-14-10-12(15(17)20)11-7-5-6-8-13(11)18-14/h5-8,10H,4,9H2,1-3H3,(H2,17,20)(H,18,19). The van der Waals surface area contributed by atoms with E-state index in [4.69, 9.17) is 18.0 Å². The first kappa shape index (κ1) is 14.7. The van der Waals surface area contributed by atoms with Gasteiger partial charge in [0.1, 0.15) is 10.8 Å². The summed E-state index contributed by atoms with van der Waals surface area (Å²) in [5.41, 5.74) is 7.63. The third-order valence-electron chi connectivity index (χ3n) is 3.32. The Kier molecular flexibility index (Phi) is 4.23. The third kappa shape index (κ3) is 3.25. The van der Waals surface area contributed by atoms with Crippen LogP contribution in [0.5, 0.6) is 0 Å². The number of hydrogen-bond donors (Lipinski definition) is 2. The van der Waals surface area contributed by atoms with E-state index in [0.717, 1.165) is 35.1 Å². The van der Waals surface area contributed by atoms with Gasteiger partial charge < -0.3 is 11.1 Å². The number of anilines is 1. The van der Waals surface area contributed by atoms with Gasteiger partial charge in [-0.05, 0) is 32.4 Å². The maximum atomic E-state index is 5.85. The second-order valence-corrected chi connectivity index (χ2v) is 6.14. The number of hydrogen-bond acceptors (Lipinski definition) is 3. The minimum Gasteiger partial charge on any atom is -0.389 e. The lowest BCUT2D eigenvalue weighted by atomic mass is 9.99. The highest BCUT2D eigenvalue weighted by atomic mass is 32.1. The van der Waals surface area contributed by atoms with Crippen LogP contribution in [0.25, 0.3) is 10.9 Å². The first-order valence-corrected chi connectivity index (χ1v) is 7.31. The van der Waals surface area contributed by atoms with Gasteiger partial charge >= 0.3 is 0 Å². The molecule has 0 spiro atoms. The van der Waals surface area contributed by atoms with Crippen LogP contribution in [0.4, 0.5) is 5.82 Å². The molecule has 2 rings (SSSR count). The van der Waals surface area contributed by atoms with E-state index < -0.39 is 0 Å². The van der Waals surface area contributed by atoms with Crippen molar-refractivity contribution in [2.24, 2.45) is 5.73 Å². The molecule has 0 unspecified atom stereocenters. The van der Waals surface area contributed by atoms with E-state index in [1.54, 1.807) is 0 Å². The number of aromatic nitrogens is 1. The lowest BCUT2D eigenvalue weighted by Gasteiger charge is -2.27. The Hall–Kier alpha value is -1.68. The Morgan fingerprint density at radius 2 is 2.05 bits per heavy atom. The highest BCUT2D eigenvalue weighted by Gasteiger charge is 2.17. The van der Waals surface area contributed by atoms with Crippen LogP contribution < -0.4 is 11.1 Å². The van der Waals surface area contributed by atoms with Gasteiger partial charge in [-0.15, -0.1) is 0 Å². The fraction of sp³-hybridized carbons (Fsp3) is 0.375. The molecule has 3 N–H and O–H groups in total. The SMILES string of the molecule is CCCC(C)(C)Nc1cc(C(N)=S)c2ccccc2n1. The highest BCUT2D eigenvalue weighted by molar-refractivity contribution is 7.80. The Morgan fingerprint density at radius 1 is 1.35 bits per heavy atom. The molecule has 0 fully saturated rings. The Morgan fingerprint density at radius 3 is 2.70 bits per heavy atom. The number of para-hydroxylation sites is 1. The smallest absolute Gasteiger partial charge is 0.127 e. The summed E-state index contributed by atoms with van der Waals surface area (Å²) in [6, 6.07) is 9.87. The maximum Gasteiger partial charge on any atom is 0.127 e. The number of pyridine rings is 1. The van der Waals surface area contributed by atoms with Crippen LogP contribution in [-0.4, -0.2) is 15.5 Å². The molecule has 20 heavy (non-hydrogen) atoms. The zero-order valence-electron chi connectivity index (χ0n) is 12.2. The minimum atomic E-state index is -0.00229. The fourth-order valence-corrected chi connectivity index (χ4v) is 2.65. The molecule has 0 bridgehead atoms. The van der Waals surface area contributed by atoms with Crippen LogP contribution >= 0.6 is 12.2 Å². The minimum absolute atomic E-state index is 0.00229. The zero-order chi connectivity index (χ0) is 14.8. The van der Waals surface area contributed by atoms with Crippen molar-refractivity contribution in [3.63, 3.8) is 0 Å². The van der Waals surface area contributed by atoms with Crippen molar-refractivity contribution in [1.82, 2.24) is 4.98 Å². The van der Waals surface area contributed by atoms with Crippen molar-refractivity contribution >= 4 is 33.9 Å². The van der Waals surface area contributed by atoms with Gasteiger partial charge in [-0.1, -0.05) is 43.8 Å². The average Bonchev–Trinajstić information content (AvgIpc) is 2.36. The number of benzene rings is 1. The van der Waals surface area contributed by atoms with E-state index in [0.29, 0.717) is 4.99 Å². The number of nitrogens with zero attached hydrogens (tertiary/aromatic N) is 1. The Bertz CT molecular complexity index is 635. The number of thiocarbonyl (C=S) groups is 1. The molecule has 1 aromatic carbocycles. The quantitative estimate of drug-likeness (QED) is 0.820. The van der Waals surface area contributed by atoms with Crippen LogP contribution in [-0.2, 0) is 0 Å². The molecule has 0 amide bonds. The predicted octanol–water partition coefficient (Wildman–Crippen LogP) is 3.86. The number of nitrogens with one attached hydrogen (secondary N) is 1. The van der Waals surface area contributed by atoms with Crippen LogP contribution in [0, 0.1) is 0 Å². The van der Waals surface area contributed by atoms with Gasteiger partial charge in [0.2, 0.25) is 0 Å². The van der Waals surface area contributed by atoms with Crippen molar-refractivity contribution in [3.8, 4) is 0 Å². The summed E-state index contributed by atoms with van der Waals surface area (Å²) in [6.07, 6.45) is 2.19. The van der Waals surface area contributed by atoms with E-state index >= 15 is 0 Å². The van der Waals surface area contributed by atoms with Crippen LogP contribution in [0.1, 0.15) is 39.2 Å². The fourth-order valence-electron chi connectivity index (χ4n) is 2.48. The van der Waals surface area contributed by atoms with E-state index in [-0.39, 0.29) is 5.54 Å². The lowest BCUT2D eigenvalue weighted by molar-refractivity contribution is 0.509. The normalized spacial score (nSPS) is 11.6. The molecule has 0 saturated heterocycles. The van der Waals surface area contributed by atoms with E-state index in [2.05, 4.69) is 31.1 Å². The van der Waals surface area contributed by atoms with Crippen molar-refractivity contribution in [1.29, 1.82) is 0 Å². The van der Waals surface area contributed by atoms with Gasteiger partial charge in [0.05, 0.1) is 5.52 Å². The lowest BCUT2D eigenvalue weighted by Crippen LogP contribution is -2.31. The molecular formula is C16H21N3S. The maximum absolute atomic E-state index is 5.85. The summed E-state index contributed by atoms with van der Waals surface area (Å²) in [4.78, 5) is 5.06. The number of nitrogens with two attached hydrogens (primary N) is 1. The Balaban J connectivity index is 2.48. The molecule has 0 aliphatic carbocycles. The second kappa shape index (κ2) is 5.75. The monoisotopic (exact) mass is 287 g/mol. The van der Waals surface area contributed by atoms with E-state index in [1.807, 2.05) is 30.3 Å². The molecule has 1 heterocycles. The predicted molar refractivity (Wildman–Crippen MR) is 90.2 cm³/mol. The summed E-state index contributed by atoms with van der Waals surface area (Å²) < 4.78 is 0.